The van der Waals surface area contributed by atoms with E-state index in [9.17, 15) is 9.59 Å². The molecule has 3 heterocycles. The zero-order valence-corrected chi connectivity index (χ0v) is 18.5. The van der Waals surface area contributed by atoms with Crippen molar-refractivity contribution < 1.29 is 9.59 Å². The highest BCUT2D eigenvalue weighted by Crippen LogP contribution is 2.42. The summed E-state index contributed by atoms with van der Waals surface area (Å²) in [7, 11) is 0. The van der Waals surface area contributed by atoms with Gasteiger partial charge in [-0.25, -0.2) is 0 Å². The molecule has 2 aliphatic heterocycles. The maximum absolute atomic E-state index is 13.3. The second kappa shape index (κ2) is 8.27. The summed E-state index contributed by atoms with van der Waals surface area (Å²) < 4.78 is 0. The number of carbonyl (C=O) groups excluding carboxylic acids is 2. The Morgan fingerprint density at radius 3 is 1.41 bits per heavy atom. The predicted molar refractivity (Wildman–Crippen MR) is 130 cm³/mol. The van der Waals surface area contributed by atoms with Gasteiger partial charge in [0.2, 0.25) is 0 Å². The van der Waals surface area contributed by atoms with E-state index in [4.69, 9.17) is 4.98 Å². The van der Waals surface area contributed by atoms with Gasteiger partial charge >= 0.3 is 0 Å². The van der Waals surface area contributed by atoms with E-state index in [1.165, 1.54) is 0 Å². The van der Waals surface area contributed by atoms with Crippen LogP contribution in [0.15, 0.2) is 91.0 Å². The molecular formula is C29H23N3O2. The summed E-state index contributed by atoms with van der Waals surface area (Å²) in [5, 5.41) is 6.25. The molecule has 0 saturated heterocycles. The number of nitrogens with one attached hydrogen (secondary N) is 2. The standard InChI is InChI=1S/C29H23N3O2/c33-28-24-23(20-14-8-3-9-15-20)25-27(22(31-29(25)34)17-19-12-6-2-7-13-19)32-26(24)21(30-28)16-18-10-4-1-5-11-18/h1-15,21-22H,16-17H2,(H,30,33)(H,31,34)/t21-,22-/m0/s1. The highest BCUT2D eigenvalue weighted by atomic mass is 16.2. The lowest BCUT2D eigenvalue weighted by Crippen LogP contribution is -2.22. The highest BCUT2D eigenvalue weighted by molar-refractivity contribution is 6.13. The molecule has 6 rings (SSSR count). The average Bonchev–Trinajstić information content (AvgIpc) is 3.35. The molecule has 0 spiro atoms. The quantitative estimate of drug-likeness (QED) is 0.463. The highest BCUT2D eigenvalue weighted by Gasteiger charge is 2.41. The Labute approximate surface area is 197 Å². The fourth-order valence-electron chi connectivity index (χ4n) is 5.07. The number of rotatable bonds is 5. The van der Waals surface area contributed by atoms with Gasteiger partial charge in [0.05, 0.1) is 34.6 Å². The van der Waals surface area contributed by atoms with Crippen molar-refractivity contribution in [2.45, 2.75) is 24.9 Å². The van der Waals surface area contributed by atoms with Gasteiger partial charge in [0.25, 0.3) is 11.8 Å². The van der Waals surface area contributed by atoms with Gasteiger partial charge < -0.3 is 10.6 Å². The number of pyridine rings is 1. The number of hydrogen-bond donors (Lipinski definition) is 2. The molecule has 1 aromatic heterocycles. The van der Waals surface area contributed by atoms with Crippen molar-refractivity contribution in [3.05, 3.63) is 125 Å². The van der Waals surface area contributed by atoms with Gasteiger partial charge in [-0.2, -0.15) is 0 Å². The number of carbonyl (C=O) groups is 2. The molecule has 4 aromatic rings. The summed E-state index contributed by atoms with van der Waals surface area (Å²) in [6, 6.07) is 29.4. The summed E-state index contributed by atoms with van der Waals surface area (Å²) in [4.78, 5) is 31.5. The van der Waals surface area contributed by atoms with Crippen LogP contribution < -0.4 is 10.6 Å². The first-order valence-corrected chi connectivity index (χ1v) is 11.5. The average molecular weight is 446 g/mol. The second-order valence-electron chi connectivity index (χ2n) is 8.80. The van der Waals surface area contributed by atoms with Gasteiger partial charge in [-0.3, -0.25) is 14.6 Å². The topological polar surface area (TPSA) is 71.1 Å². The van der Waals surface area contributed by atoms with Crippen LogP contribution in [0.25, 0.3) is 11.1 Å². The van der Waals surface area contributed by atoms with E-state index >= 15 is 0 Å². The minimum Gasteiger partial charge on any atom is -0.343 e. The van der Waals surface area contributed by atoms with Crippen LogP contribution >= 0.6 is 0 Å². The van der Waals surface area contributed by atoms with Crippen LogP contribution in [-0.4, -0.2) is 16.8 Å². The first-order valence-electron chi connectivity index (χ1n) is 11.5. The molecule has 2 atom stereocenters. The monoisotopic (exact) mass is 445 g/mol. The summed E-state index contributed by atoms with van der Waals surface area (Å²) in [5.41, 5.74) is 6.26. The third-order valence-corrected chi connectivity index (χ3v) is 6.61. The van der Waals surface area contributed by atoms with Crippen LogP contribution in [-0.2, 0) is 12.8 Å². The zero-order chi connectivity index (χ0) is 23.1. The Balaban J connectivity index is 1.52. The normalized spacial score (nSPS) is 18.2. The number of nitrogens with zero attached hydrogens (tertiary/aromatic N) is 1. The van der Waals surface area contributed by atoms with E-state index in [-0.39, 0.29) is 23.9 Å². The summed E-state index contributed by atoms with van der Waals surface area (Å²) in [6.45, 7) is 0. The van der Waals surface area contributed by atoms with Crippen molar-refractivity contribution in [2.75, 3.05) is 0 Å². The van der Waals surface area contributed by atoms with Crippen molar-refractivity contribution in [1.82, 2.24) is 15.6 Å². The molecule has 5 nitrogen and oxygen atoms in total. The summed E-state index contributed by atoms with van der Waals surface area (Å²) in [6.07, 6.45) is 1.29. The summed E-state index contributed by atoms with van der Waals surface area (Å²) in [5.74, 6) is -0.353. The van der Waals surface area contributed by atoms with Gasteiger partial charge in [0.15, 0.2) is 0 Å². The molecule has 0 fully saturated rings. The van der Waals surface area contributed by atoms with Crippen molar-refractivity contribution in [2.24, 2.45) is 0 Å². The lowest BCUT2D eigenvalue weighted by atomic mass is 9.90. The molecule has 34 heavy (non-hydrogen) atoms. The SMILES string of the molecule is O=C1N[C@@H](Cc2ccccc2)c2nc3c(c(-c4ccccc4)c21)C(=O)N[C@H]3Cc1ccccc1. The van der Waals surface area contributed by atoms with E-state index in [0.29, 0.717) is 29.5 Å². The molecule has 0 bridgehead atoms. The smallest absolute Gasteiger partial charge is 0.254 e. The van der Waals surface area contributed by atoms with E-state index in [2.05, 4.69) is 34.9 Å². The third-order valence-electron chi connectivity index (χ3n) is 6.61. The Morgan fingerprint density at radius 1 is 0.559 bits per heavy atom. The Bertz CT molecular complexity index is 1300. The van der Waals surface area contributed by atoms with Crippen LogP contribution in [0.5, 0.6) is 0 Å². The van der Waals surface area contributed by atoms with Gasteiger partial charge in [-0.15, -0.1) is 0 Å². The fourth-order valence-corrected chi connectivity index (χ4v) is 5.07. The molecule has 0 aliphatic carbocycles. The molecule has 2 aliphatic rings. The van der Waals surface area contributed by atoms with Gasteiger partial charge in [-0.1, -0.05) is 91.0 Å². The Hall–Kier alpha value is -4.25. The van der Waals surface area contributed by atoms with Crippen LogP contribution in [0.4, 0.5) is 0 Å². The molecule has 5 heteroatoms. The first kappa shape index (κ1) is 20.4. The molecule has 2 N–H and O–H groups in total. The van der Waals surface area contributed by atoms with Crippen LogP contribution in [0.2, 0.25) is 0 Å². The maximum Gasteiger partial charge on any atom is 0.254 e. The molecule has 3 aromatic carbocycles. The zero-order valence-electron chi connectivity index (χ0n) is 18.5. The number of fused-ring (bicyclic) bond motifs is 2. The number of hydrogen-bond acceptors (Lipinski definition) is 3. The predicted octanol–water partition coefficient (Wildman–Crippen LogP) is 4.80. The molecule has 0 unspecified atom stereocenters. The minimum atomic E-state index is -0.245. The Morgan fingerprint density at radius 2 is 0.971 bits per heavy atom. The number of aromatic nitrogens is 1. The molecule has 2 amide bonds. The lowest BCUT2D eigenvalue weighted by Gasteiger charge is -2.16. The number of amides is 2. The van der Waals surface area contributed by atoms with Crippen molar-refractivity contribution in [1.29, 1.82) is 0 Å². The second-order valence-corrected chi connectivity index (χ2v) is 8.80. The molecular weight excluding hydrogens is 422 g/mol. The fraction of sp³-hybridized carbons (Fsp3) is 0.138. The molecule has 166 valence electrons. The van der Waals surface area contributed by atoms with Crippen molar-refractivity contribution >= 4 is 11.8 Å². The van der Waals surface area contributed by atoms with Crippen molar-refractivity contribution in [3.8, 4) is 11.1 Å². The van der Waals surface area contributed by atoms with E-state index in [1.54, 1.807) is 0 Å². The van der Waals surface area contributed by atoms with E-state index in [1.807, 2.05) is 66.7 Å². The van der Waals surface area contributed by atoms with Crippen LogP contribution in [0.3, 0.4) is 0 Å². The van der Waals surface area contributed by atoms with Gasteiger partial charge in [0.1, 0.15) is 0 Å². The van der Waals surface area contributed by atoms with E-state index in [0.717, 1.165) is 28.1 Å². The maximum atomic E-state index is 13.3. The molecule has 0 saturated carbocycles. The molecule has 0 radical (unpaired) electrons. The minimum absolute atomic E-state index is 0.176. The lowest BCUT2D eigenvalue weighted by molar-refractivity contribution is 0.0953. The van der Waals surface area contributed by atoms with Crippen molar-refractivity contribution in [3.63, 3.8) is 0 Å². The summed E-state index contributed by atoms with van der Waals surface area (Å²) >= 11 is 0. The first-order chi connectivity index (χ1) is 16.7. The Kier molecular flexibility index (Phi) is 4.95. The van der Waals surface area contributed by atoms with E-state index < -0.39 is 0 Å². The number of benzene rings is 3. The van der Waals surface area contributed by atoms with Crippen LogP contribution in [0, 0.1) is 0 Å². The third kappa shape index (κ3) is 3.46. The van der Waals surface area contributed by atoms with Gasteiger partial charge in [0, 0.05) is 5.56 Å². The largest absolute Gasteiger partial charge is 0.343 e. The van der Waals surface area contributed by atoms with Crippen LogP contribution in [0.1, 0.15) is 55.3 Å². The van der Waals surface area contributed by atoms with Gasteiger partial charge in [-0.05, 0) is 29.5 Å².